The first-order valence-electron chi connectivity index (χ1n) is 9.35. The highest BCUT2D eigenvalue weighted by Crippen LogP contribution is 2.65. The van der Waals surface area contributed by atoms with Gasteiger partial charge in [0.15, 0.2) is 0 Å². The average molecular weight is 428 g/mol. The summed E-state index contributed by atoms with van der Waals surface area (Å²) in [6.45, 7) is 2.08. The van der Waals surface area contributed by atoms with Gasteiger partial charge in [-0.05, 0) is 60.2 Å². The van der Waals surface area contributed by atoms with E-state index in [0.717, 1.165) is 34.9 Å². The van der Waals surface area contributed by atoms with Gasteiger partial charge in [0, 0.05) is 9.89 Å². The number of hydrogen-bond acceptors (Lipinski definition) is 4. The number of ether oxygens (including phenoxy) is 2. The zero-order chi connectivity index (χ0) is 20.5. The van der Waals surface area contributed by atoms with E-state index in [1.165, 1.54) is 0 Å². The molecule has 0 aromatic heterocycles. The molecule has 28 heavy (non-hydrogen) atoms. The molecule has 1 aliphatic heterocycles. The smallest absolute Gasteiger partial charge is 0.281 e. The van der Waals surface area contributed by atoms with Gasteiger partial charge in [0.2, 0.25) is 0 Å². The van der Waals surface area contributed by atoms with Gasteiger partial charge < -0.3 is 15.2 Å². The Morgan fingerprint density at radius 2 is 2.04 bits per heavy atom. The van der Waals surface area contributed by atoms with E-state index >= 15 is 0 Å². The fourth-order valence-corrected chi connectivity index (χ4v) is 5.98. The van der Waals surface area contributed by atoms with Gasteiger partial charge >= 0.3 is 0 Å². The van der Waals surface area contributed by atoms with Crippen molar-refractivity contribution >= 4 is 61.2 Å². The van der Waals surface area contributed by atoms with Crippen LogP contribution in [0, 0.1) is 11.3 Å². The van der Waals surface area contributed by atoms with Gasteiger partial charge in [-0.15, -0.1) is 0 Å². The third-order valence-corrected chi connectivity index (χ3v) is 6.98. The van der Waals surface area contributed by atoms with Crippen LogP contribution in [0.4, 0.5) is 0 Å². The second-order valence-corrected chi connectivity index (χ2v) is 9.46. The molecule has 0 unspecified atom stereocenters. The Labute approximate surface area is 181 Å². The van der Waals surface area contributed by atoms with E-state index in [4.69, 9.17) is 59.4 Å². The highest BCUT2D eigenvalue weighted by molar-refractivity contribution is 9.10. The van der Waals surface area contributed by atoms with E-state index in [-0.39, 0.29) is 23.5 Å². The minimum atomic E-state index is -1.67. The lowest BCUT2D eigenvalue weighted by Gasteiger charge is -2.54. The molecule has 4 nitrogen and oxygen atoms in total. The summed E-state index contributed by atoms with van der Waals surface area (Å²) in [6, 6.07) is 6.11. The number of benzene rings is 1. The number of amidine groups is 1. The molecule has 1 heterocycles. The van der Waals surface area contributed by atoms with Crippen molar-refractivity contribution < 1.29 is 9.47 Å². The normalized spacial score (nSPS) is 36.3. The number of nitrogens with zero attached hydrogens (tertiary/aromatic N) is 1. The van der Waals surface area contributed by atoms with Crippen LogP contribution in [-0.2, 0) is 21.4 Å². The molecule has 3 aliphatic rings. The molecule has 0 amide bonds. The van der Waals surface area contributed by atoms with Crippen LogP contribution in [0.25, 0.3) is 0 Å². The molecule has 10 radical (unpaired) electrons. The van der Waals surface area contributed by atoms with Gasteiger partial charge in [0.25, 0.3) is 6.02 Å². The lowest BCUT2D eigenvalue weighted by molar-refractivity contribution is -0.0744. The Morgan fingerprint density at radius 3 is 2.61 bits per heavy atom. The molecule has 1 fully saturated rings. The summed E-state index contributed by atoms with van der Waals surface area (Å²) in [5.74, 6) is 0.103. The zero-order valence-electron chi connectivity index (χ0n) is 15.8. The number of hydrogen-bond donors (Lipinski definition) is 1. The third-order valence-electron chi connectivity index (χ3n) is 6.49. The van der Waals surface area contributed by atoms with Crippen LogP contribution in [0.15, 0.2) is 27.7 Å². The minimum absolute atomic E-state index is 0.00752. The predicted molar refractivity (Wildman–Crippen MR) is 117 cm³/mol. The van der Waals surface area contributed by atoms with Crippen molar-refractivity contribution in [2.24, 2.45) is 22.1 Å². The van der Waals surface area contributed by atoms with Gasteiger partial charge in [0.1, 0.15) is 21.2 Å². The lowest BCUT2D eigenvalue weighted by Crippen LogP contribution is -2.60. The van der Waals surface area contributed by atoms with Crippen LogP contribution >= 0.6 is 15.9 Å². The summed E-state index contributed by atoms with van der Waals surface area (Å²) in [5.41, 5.74) is 6.70. The quantitative estimate of drug-likeness (QED) is 0.711. The Hall–Kier alpha value is -0.745. The standard InChI is InChI=1S/C18H18B5BrN2O2/c1-9-7-15(5-4-13(9)27-18(21,22)23)8-10-2-3-11(24)6-12(10)16(15)17(19,20)28-14(25)26-16/h2-3,6,9,13H,4-5,7-8H2,1H3,(H2,25,26)/t9-,13-,15-,16+/m1/s1. The van der Waals surface area contributed by atoms with E-state index < -0.39 is 16.2 Å². The monoisotopic (exact) mass is 428 g/mol. The Morgan fingerprint density at radius 1 is 1.32 bits per heavy atom. The number of fused-ring (bicyclic) bond motifs is 3. The van der Waals surface area contributed by atoms with Crippen LogP contribution in [0.5, 0.6) is 0 Å². The van der Waals surface area contributed by atoms with E-state index in [0.29, 0.717) is 6.42 Å². The molecule has 4 atom stereocenters. The molecule has 2 aliphatic carbocycles. The van der Waals surface area contributed by atoms with E-state index in [1.807, 2.05) is 12.1 Å². The van der Waals surface area contributed by atoms with Crippen molar-refractivity contribution in [2.75, 3.05) is 0 Å². The Balaban J connectivity index is 1.80. The second-order valence-electron chi connectivity index (χ2n) is 8.54. The number of nitrogens with two attached hydrogens (primary N) is 1. The zero-order valence-corrected chi connectivity index (χ0v) is 17.4. The summed E-state index contributed by atoms with van der Waals surface area (Å²) in [5, 5.41) is -3.23. The first kappa shape index (κ1) is 20.5. The lowest BCUT2D eigenvalue weighted by atomic mass is 9.44. The fraction of sp³-hybridized carbons (Fsp3) is 0.611. The van der Waals surface area contributed by atoms with Gasteiger partial charge in [0.05, 0.1) is 35.0 Å². The van der Waals surface area contributed by atoms with Gasteiger partial charge in [-0.1, -0.05) is 28.9 Å². The van der Waals surface area contributed by atoms with E-state index in [9.17, 15) is 0 Å². The molecule has 134 valence electrons. The van der Waals surface area contributed by atoms with Crippen molar-refractivity contribution in [3.05, 3.63) is 33.8 Å². The third kappa shape index (κ3) is 2.93. The molecule has 1 aromatic rings. The van der Waals surface area contributed by atoms with Crippen LogP contribution in [-0.4, -0.2) is 62.1 Å². The van der Waals surface area contributed by atoms with Crippen LogP contribution in [0.1, 0.15) is 37.3 Å². The molecule has 1 aromatic carbocycles. The Bertz CT molecular complexity index is 846. The highest BCUT2D eigenvalue weighted by Gasteiger charge is 2.68. The van der Waals surface area contributed by atoms with Crippen molar-refractivity contribution in [1.29, 1.82) is 0 Å². The summed E-state index contributed by atoms with van der Waals surface area (Å²) in [6.07, 6.45) is 2.75. The number of aliphatic imine (C=N–C) groups is 1. The molecule has 4 rings (SSSR count). The highest BCUT2D eigenvalue weighted by atomic mass is 79.9. The van der Waals surface area contributed by atoms with Crippen molar-refractivity contribution in [2.45, 2.75) is 54.9 Å². The second kappa shape index (κ2) is 6.37. The summed E-state index contributed by atoms with van der Waals surface area (Å²) in [7, 11) is 30.0. The molecular formula is C18H18B5BrN2O2. The average Bonchev–Trinajstić information content (AvgIpc) is 2.94. The maximum Gasteiger partial charge on any atom is 0.281 e. The number of halogens is 1. The minimum Gasteiger partial charge on any atom is -0.476 e. The number of rotatable bonds is 2. The molecule has 0 bridgehead atoms. The first-order chi connectivity index (χ1) is 12.9. The van der Waals surface area contributed by atoms with Gasteiger partial charge in [-0.25, -0.2) is 4.99 Å². The SMILES string of the molecule is [B]C([B])([B])O[C@@H]1CC[C@]2(Cc3ccc(Br)cc3[C@]23N=C(N)OC3([B])[B])C[C@H]1C. The van der Waals surface area contributed by atoms with E-state index in [2.05, 4.69) is 28.9 Å². The van der Waals surface area contributed by atoms with Crippen LogP contribution in [0.3, 0.4) is 0 Å². The maximum atomic E-state index is 6.52. The summed E-state index contributed by atoms with van der Waals surface area (Å²) < 4.78 is 12.2. The maximum absolute atomic E-state index is 6.52. The van der Waals surface area contributed by atoms with Gasteiger partial charge in [-0.3, -0.25) is 0 Å². The summed E-state index contributed by atoms with van der Waals surface area (Å²) >= 11 is 3.55. The van der Waals surface area contributed by atoms with Crippen LogP contribution < -0.4 is 5.73 Å². The topological polar surface area (TPSA) is 56.8 Å². The molecule has 1 saturated carbocycles. The fourth-order valence-electron chi connectivity index (χ4n) is 5.62. The Kier molecular flexibility index (Phi) is 4.67. The largest absolute Gasteiger partial charge is 0.476 e. The molecular weight excluding hydrogens is 410 g/mol. The molecule has 2 spiro atoms. The first-order valence-corrected chi connectivity index (χ1v) is 10.1. The molecule has 0 saturated heterocycles. The van der Waals surface area contributed by atoms with Crippen molar-refractivity contribution in [3.63, 3.8) is 0 Å². The predicted octanol–water partition coefficient (Wildman–Crippen LogP) is 0.845. The van der Waals surface area contributed by atoms with Crippen molar-refractivity contribution in [3.8, 4) is 0 Å². The van der Waals surface area contributed by atoms with Gasteiger partial charge in [-0.2, -0.15) is 0 Å². The summed E-state index contributed by atoms with van der Waals surface area (Å²) in [4.78, 5) is 4.75. The van der Waals surface area contributed by atoms with Crippen LogP contribution in [0.2, 0.25) is 0 Å². The molecule has 10 heteroatoms. The van der Waals surface area contributed by atoms with E-state index in [1.54, 1.807) is 0 Å². The van der Waals surface area contributed by atoms with Crippen molar-refractivity contribution in [1.82, 2.24) is 0 Å². The molecule has 2 N–H and O–H groups in total.